The molecule has 2 aromatic heterocycles. The zero-order valence-electron chi connectivity index (χ0n) is 18.4. The Morgan fingerprint density at radius 3 is 2.56 bits per heavy atom. The highest BCUT2D eigenvalue weighted by atomic mass is 79.9. The van der Waals surface area contributed by atoms with Gasteiger partial charge in [0.15, 0.2) is 4.80 Å². The molecule has 2 aromatic carbocycles. The molecular weight excluding hydrogens is 530 g/mol. The van der Waals surface area contributed by atoms with Gasteiger partial charge in [-0.05, 0) is 60.7 Å². The number of carbonyl (C=O) groups excluding carboxylic acids is 1. The zero-order chi connectivity index (χ0) is 23.8. The van der Waals surface area contributed by atoms with Crippen LogP contribution in [0.5, 0.6) is 0 Å². The van der Waals surface area contributed by atoms with Gasteiger partial charge in [-0.15, -0.1) is 11.3 Å². The molecule has 1 atom stereocenters. The van der Waals surface area contributed by atoms with Crippen molar-refractivity contribution < 1.29 is 4.79 Å². The van der Waals surface area contributed by atoms with Crippen molar-refractivity contribution in [3.63, 3.8) is 0 Å². The van der Waals surface area contributed by atoms with Crippen molar-refractivity contribution in [3.05, 3.63) is 117 Å². The van der Waals surface area contributed by atoms with Crippen molar-refractivity contribution in [1.82, 2.24) is 4.57 Å². The Morgan fingerprint density at radius 1 is 1.09 bits per heavy atom. The summed E-state index contributed by atoms with van der Waals surface area (Å²) in [5.74, 6) is -0.254. The van der Waals surface area contributed by atoms with Gasteiger partial charge in [-0.2, -0.15) is 0 Å². The summed E-state index contributed by atoms with van der Waals surface area (Å²) in [5, 5.41) is 4.99. The molecular formula is C26H20BrN3O2S2. The quantitative estimate of drug-likeness (QED) is 0.389. The largest absolute Gasteiger partial charge is 0.322 e. The minimum atomic E-state index is -0.535. The van der Waals surface area contributed by atoms with Crippen LogP contribution in [0.2, 0.25) is 0 Å². The van der Waals surface area contributed by atoms with E-state index in [2.05, 4.69) is 26.2 Å². The standard InChI is InChI=1S/C26H20BrN3O2S2/c1-15-6-3-4-7-19(15)29-24(31)22-16(2)28-26-30(23(22)20-8-5-13-33-20)25(32)21(34-26)14-17-9-11-18(27)12-10-17/h3-14,23H,1-2H3,(H,29,31). The Bertz CT molecular complexity index is 1600. The molecule has 1 aliphatic heterocycles. The van der Waals surface area contributed by atoms with Crippen LogP contribution in [-0.4, -0.2) is 10.5 Å². The SMILES string of the molecule is CC1=C(C(=O)Nc2ccccc2C)C(c2cccs2)n2c(sc(=Cc3ccc(Br)cc3)c2=O)=N1. The fraction of sp³-hybridized carbons (Fsp3) is 0.115. The highest BCUT2D eigenvalue weighted by molar-refractivity contribution is 9.10. The lowest BCUT2D eigenvalue weighted by Crippen LogP contribution is -2.40. The van der Waals surface area contributed by atoms with E-state index in [-0.39, 0.29) is 11.5 Å². The lowest BCUT2D eigenvalue weighted by molar-refractivity contribution is -0.113. The molecule has 8 heteroatoms. The highest BCUT2D eigenvalue weighted by Gasteiger charge is 2.33. The molecule has 5 rings (SSSR count). The number of hydrogen-bond acceptors (Lipinski definition) is 5. The summed E-state index contributed by atoms with van der Waals surface area (Å²) < 4.78 is 3.21. The summed E-state index contributed by atoms with van der Waals surface area (Å²) in [7, 11) is 0. The Kier molecular flexibility index (Phi) is 6.20. The Labute approximate surface area is 212 Å². The number of nitrogens with zero attached hydrogens (tertiary/aromatic N) is 2. The Balaban J connectivity index is 1.64. The van der Waals surface area contributed by atoms with Crippen LogP contribution in [0.1, 0.15) is 29.0 Å². The van der Waals surface area contributed by atoms with E-state index < -0.39 is 6.04 Å². The fourth-order valence-electron chi connectivity index (χ4n) is 3.94. The van der Waals surface area contributed by atoms with Gasteiger partial charge in [0.25, 0.3) is 11.5 Å². The van der Waals surface area contributed by atoms with E-state index >= 15 is 0 Å². The number of aryl methyl sites for hydroxylation is 1. The molecule has 1 amide bonds. The van der Waals surface area contributed by atoms with Crippen LogP contribution in [0.15, 0.2) is 91.6 Å². The second-order valence-corrected chi connectivity index (χ2v) is 10.8. The molecule has 0 spiro atoms. The van der Waals surface area contributed by atoms with E-state index in [4.69, 9.17) is 0 Å². The van der Waals surface area contributed by atoms with Crippen LogP contribution in [0.3, 0.4) is 0 Å². The van der Waals surface area contributed by atoms with Crippen LogP contribution in [0.4, 0.5) is 5.69 Å². The van der Waals surface area contributed by atoms with Gasteiger partial charge >= 0.3 is 0 Å². The molecule has 0 saturated heterocycles. The van der Waals surface area contributed by atoms with Gasteiger partial charge in [0.1, 0.15) is 6.04 Å². The van der Waals surface area contributed by atoms with Crippen molar-refractivity contribution in [2.45, 2.75) is 19.9 Å². The van der Waals surface area contributed by atoms with Crippen molar-refractivity contribution in [2.24, 2.45) is 4.99 Å². The average molecular weight is 551 g/mol. The second kappa shape index (κ2) is 9.29. The van der Waals surface area contributed by atoms with Gasteiger partial charge in [-0.1, -0.05) is 63.7 Å². The topological polar surface area (TPSA) is 63.5 Å². The molecule has 0 aliphatic carbocycles. The van der Waals surface area contributed by atoms with Crippen molar-refractivity contribution >= 4 is 56.3 Å². The summed E-state index contributed by atoms with van der Waals surface area (Å²) in [5.41, 5.74) is 3.57. The second-order valence-electron chi connectivity index (χ2n) is 7.92. The van der Waals surface area contributed by atoms with Gasteiger partial charge < -0.3 is 5.32 Å². The first-order chi connectivity index (χ1) is 16.4. The third-order valence-electron chi connectivity index (χ3n) is 5.64. The number of anilines is 1. The highest BCUT2D eigenvalue weighted by Crippen LogP contribution is 2.33. The fourth-order valence-corrected chi connectivity index (χ4v) is 6.08. The van der Waals surface area contributed by atoms with E-state index in [9.17, 15) is 9.59 Å². The number of aromatic nitrogens is 1. The van der Waals surface area contributed by atoms with E-state index in [0.717, 1.165) is 26.2 Å². The van der Waals surface area contributed by atoms with Crippen LogP contribution in [0, 0.1) is 6.92 Å². The van der Waals surface area contributed by atoms with Crippen LogP contribution in [-0.2, 0) is 4.79 Å². The monoisotopic (exact) mass is 549 g/mol. The van der Waals surface area contributed by atoms with E-state index in [1.807, 2.05) is 86.0 Å². The van der Waals surface area contributed by atoms with Crippen molar-refractivity contribution in [1.29, 1.82) is 0 Å². The third kappa shape index (κ3) is 4.24. The number of rotatable bonds is 4. The Morgan fingerprint density at radius 2 is 1.85 bits per heavy atom. The molecule has 0 fully saturated rings. The van der Waals surface area contributed by atoms with Crippen LogP contribution in [0.25, 0.3) is 6.08 Å². The number of fused-ring (bicyclic) bond motifs is 1. The lowest BCUT2D eigenvalue weighted by Gasteiger charge is -2.24. The molecule has 0 bridgehead atoms. The predicted molar refractivity (Wildman–Crippen MR) is 142 cm³/mol. The van der Waals surface area contributed by atoms with Gasteiger partial charge in [0.05, 0.1) is 15.8 Å². The lowest BCUT2D eigenvalue weighted by atomic mass is 10.0. The van der Waals surface area contributed by atoms with Crippen molar-refractivity contribution in [2.75, 3.05) is 5.32 Å². The zero-order valence-corrected chi connectivity index (χ0v) is 21.6. The van der Waals surface area contributed by atoms with Gasteiger partial charge in [-0.25, -0.2) is 4.99 Å². The summed E-state index contributed by atoms with van der Waals surface area (Å²) in [6.07, 6.45) is 1.87. The van der Waals surface area contributed by atoms with Crippen molar-refractivity contribution in [3.8, 4) is 0 Å². The first-order valence-corrected chi connectivity index (χ1v) is 13.1. The molecule has 170 valence electrons. The summed E-state index contributed by atoms with van der Waals surface area (Å²) in [6, 6.07) is 18.8. The molecule has 34 heavy (non-hydrogen) atoms. The average Bonchev–Trinajstić information content (AvgIpc) is 3.45. The van der Waals surface area contributed by atoms with E-state index in [1.54, 1.807) is 4.57 Å². The molecule has 0 radical (unpaired) electrons. The number of amides is 1. The first-order valence-electron chi connectivity index (χ1n) is 10.6. The number of allylic oxidation sites excluding steroid dienone is 1. The number of nitrogens with one attached hydrogen (secondary N) is 1. The van der Waals surface area contributed by atoms with Crippen LogP contribution < -0.4 is 20.2 Å². The maximum atomic E-state index is 13.6. The Hall–Kier alpha value is -3.07. The summed E-state index contributed by atoms with van der Waals surface area (Å²) in [6.45, 7) is 3.78. The molecule has 0 saturated carbocycles. The number of benzene rings is 2. The summed E-state index contributed by atoms with van der Waals surface area (Å²) >= 11 is 6.31. The minimum absolute atomic E-state index is 0.154. The van der Waals surface area contributed by atoms with E-state index in [1.165, 1.54) is 22.7 Å². The molecule has 1 N–H and O–H groups in total. The molecule has 5 nitrogen and oxygen atoms in total. The summed E-state index contributed by atoms with van der Waals surface area (Å²) in [4.78, 5) is 33.3. The third-order valence-corrected chi connectivity index (χ3v) is 8.08. The van der Waals surface area contributed by atoms with Gasteiger partial charge in [0, 0.05) is 15.0 Å². The number of hydrogen-bond donors (Lipinski definition) is 1. The van der Waals surface area contributed by atoms with Crippen LogP contribution >= 0.6 is 38.6 Å². The number of para-hydroxylation sites is 1. The number of thiazole rings is 1. The van der Waals surface area contributed by atoms with Gasteiger partial charge in [0.2, 0.25) is 0 Å². The van der Waals surface area contributed by atoms with E-state index in [0.29, 0.717) is 20.6 Å². The van der Waals surface area contributed by atoms with Gasteiger partial charge in [-0.3, -0.25) is 14.2 Å². The molecule has 3 heterocycles. The smallest absolute Gasteiger partial charge is 0.271 e. The predicted octanol–water partition coefficient (Wildman–Crippen LogP) is 5.01. The maximum absolute atomic E-state index is 13.6. The number of thiophene rings is 1. The molecule has 1 unspecified atom stereocenters. The molecule has 1 aliphatic rings. The normalized spacial score (nSPS) is 15.7. The molecule has 4 aromatic rings. The maximum Gasteiger partial charge on any atom is 0.271 e. The first kappa shape index (κ1) is 22.7. The number of carbonyl (C=O) groups is 1. The minimum Gasteiger partial charge on any atom is -0.322 e. The number of halogens is 1.